The summed E-state index contributed by atoms with van der Waals surface area (Å²) in [5, 5.41) is 1.62. The van der Waals surface area contributed by atoms with Crippen molar-refractivity contribution in [2.24, 2.45) is 0 Å². The molecule has 0 radical (unpaired) electrons. The van der Waals surface area contributed by atoms with E-state index < -0.39 is 18.5 Å². The van der Waals surface area contributed by atoms with Crippen molar-refractivity contribution < 1.29 is 18.0 Å². The average molecular weight is 273 g/mol. The number of carbonyl (C=O) groups excluding carboxylic acids is 1. The van der Waals surface area contributed by atoms with Gasteiger partial charge in [-0.2, -0.15) is 8.78 Å². The maximum atomic E-state index is 12.6. The Hall–Kier alpha value is -1.01. The molecule has 1 aromatic heterocycles. The van der Waals surface area contributed by atoms with Crippen molar-refractivity contribution in [1.29, 1.82) is 0 Å². The second-order valence-corrected chi connectivity index (χ2v) is 3.57. The molecule has 0 atom stereocenters. The highest BCUT2D eigenvalue weighted by atomic mass is 35.5. The standard InChI is InChI=1S/C8H5Cl2F3N2O/c9-5-1-4(2-6(10)15-5)14-7(16)8(12,13)3-11/h1-2H,3H2,(H,14,15,16). The molecule has 1 heterocycles. The van der Waals surface area contributed by atoms with Gasteiger partial charge in [0.05, 0.1) is 0 Å². The van der Waals surface area contributed by atoms with Crippen LogP contribution < -0.4 is 5.32 Å². The zero-order chi connectivity index (χ0) is 12.3. The first-order chi connectivity index (χ1) is 7.35. The van der Waals surface area contributed by atoms with Crippen molar-refractivity contribution in [3.63, 3.8) is 0 Å². The highest BCUT2D eigenvalue weighted by molar-refractivity contribution is 6.33. The number of nitrogens with one attached hydrogen (secondary N) is 1. The van der Waals surface area contributed by atoms with Crippen LogP contribution in [0.4, 0.5) is 18.9 Å². The van der Waals surface area contributed by atoms with Gasteiger partial charge in [-0.15, -0.1) is 0 Å². The zero-order valence-electron chi connectivity index (χ0n) is 7.61. The number of pyridine rings is 1. The molecular weight excluding hydrogens is 268 g/mol. The summed E-state index contributed by atoms with van der Waals surface area (Å²) in [5.41, 5.74) is -0.0804. The number of alkyl halides is 3. The highest BCUT2D eigenvalue weighted by Gasteiger charge is 2.39. The van der Waals surface area contributed by atoms with Crippen molar-refractivity contribution in [1.82, 2.24) is 4.98 Å². The van der Waals surface area contributed by atoms with Gasteiger partial charge in [-0.1, -0.05) is 23.2 Å². The number of hydrogen-bond donors (Lipinski definition) is 1. The second-order valence-electron chi connectivity index (χ2n) is 2.79. The van der Waals surface area contributed by atoms with Crippen LogP contribution in [-0.2, 0) is 4.79 Å². The normalized spacial score (nSPS) is 11.3. The van der Waals surface area contributed by atoms with E-state index in [-0.39, 0.29) is 16.0 Å². The van der Waals surface area contributed by atoms with Gasteiger partial charge in [-0.25, -0.2) is 9.37 Å². The van der Waals surface area contributed by atoms with Gasteiger partial charge < -0.3 is 5.32 Å². The third kappa shape index (κ3) is 3.24. The molecule has 0 unspecified atom stereocenters. The van der Waals surface area contributed by atoms with Gasteiger partial charge in [-0.05, 0) is 12.1 Å². The highest BCUT2D eigenvalue weighted by Crippen LogP contribution is 2.21. The number of rotatable bonds is 3. The lowest BCUT2D eigenvalue weighted by Crippen LogP contribution is -2.36. The molecular formula is C8H5Cl2F3N2O. The summed E-state index contributed by atoms with van der Waals surface area (Å²) in [4.78, 5) is 14.4. The average Bonchev–Trinajstić information content (AvgIpc) is 2.15. The van der Waals surface area contributed by atoms with Crippen LogP contribution in [0.1, 0.15) is 0 Å². The molecule has 0 aliphatic heterocycles. The SMILES string of the molecule is O=C(Nc1cc(Cl)nc(Cl)c1)C(F)(F)CF. The van der Waals surface area contributed by atoms with E-state index in [0.717, 1.165) is 12.1 Å². The molecule has 1 rings (SSSR count). The summed E-state index contributed by atoms with van der Waals surface area (Å²) in [6.45, 7) is -2.08. The van der Waals surface area contributed by atoms with E-state index in [0.29, 0.717) is 0 Å². The second kappa shape index (κ2) is 4.88. The van der Waals surface area contributed by atoms with Gasteiger partial charge in [0.25, 0.3) is 5.91 Å². The first kappa shape index (κ1) is 13.1. The summed E-state index contributed by atoms with van der Waals surface area (Å²) in [5.74, 6) is -5.85. The Balaban J connectivity index is 2.85. The van der Waals surface area contributed by atoms with Crippen molar-refractivity contribution in [3.05, 3.63) is 22.4 Å². The van der Waals surface area contributed by atoms with E-state index in [2.05, 4.69) is 4.98 Å². The zero-order valence-corrected chi connectivity index (χ0v) is 9.12. The van der Waals surface area contributed by atoms with E-state index in [1.807, 2.05) is 0 Å². The van der Waals surface area contributed by atoms with E-state index in [9.17, 15) is 18.0 Å². The summed E-state index contributed by atoms with van der Waals surface area (Å²) in [6.07, 6.45) is 0. The number of carbonyl (C=O) groups is 1. The Kier molecular flexibility index (Phi) is 3.98. The topological polar surface area (TPSA) is 42.0 Å². The summed E-state index contributed by atoms with van der Waals surface area (Å²) >= 11 is 10.9. The molecule has 0 bridgehead atoms. The van der Waals surface area contributed by atoms with Gasteiger partial charge in [-0.3, -0.25) is 4.79 Å². The predicted octanol–water partition coefficient (Wildman–Crippen LogP) is 2.93. The molecule has 0 saturated carbocycles. The molecule has 0 aliphatic carbocycles. The Labute approximate surface area is 98.6 Å². The van der Waals surface area contributed by atoms with Gasteiger partial charge in [0, 0.05) is 5.69 Å². The summed E-state index contributed by atoms with van der Waals surface area (Å²) in [7, 11) is 0. The molecule has 0 spiro atoms. The minimum Gasteiger partial charge on any atom is -0.321 e. The molecule has 0 aromatic carbocycles. The number of halogens is 5. The third-order valence-electron chi connectivity index (χ3n) is 1.52. The molecule has 0 saturated heterocycles. The van der Waals surface area contributed by atoms with E-state index in [1.165, 1.54) is 0 Å². The number of hydrogen-bond acceptors (Lipinski definition) is 2. The molecule has 0 aliphatic rings. The first-order valence-electron chi connectivity index (χ1n) is 3.93. The van der Waals surface area contributed by atoms with Crippen LogP contribution >= 0.6 is 23.2 Å². The molecule has 1 N–H and O–H groups in total. The summed E-state index contributed by atoms with van der Waals surface area (Å²) in [6, 6.07) is 2.22. The number of anilines is 1. The van der Waals surface area contributed by atoms with Crippen LogP contribution in [0.15, 0.2) is 12.1 Å². The molecule has 88 valence electrons. The van der Waals surface area contributed by atoms with Gasteiger partial charge in [0.1, 0.15) is 10.3 Å². The smallest absolute Gasteiger partial charge is 0.321 e. The fraction of sp³-hybridized carbons (Fsp3) is 0.250. The lowest BCUT2D eigenvalue weighted by molar-refractivity contribution is -0.141. The van der Waals surface area contributed by atoms with Crippen molar-refractivity contribution in [2.45, 2.75) is 5.92 Å². The van der Waals surface area contributed by atoms with Crippen molar-refractivity contribution in [2.75, 3.05) is 12.0 Å². The predicted molar refractivity (Wildman–Crippen MR) is 53.8 cm³/mol. The molecule has 16 heavy (non-hydrogen) atoms. The maximum Gasteiger partial charge on any atom is 0.352 e. The Morgan fingerprint density at radius 2 is 1.88 bits per heavy atom. The van der Waals surface area contributed by atoms with Crippen molar-refractivity contribution >= 4 is 34.8 Å². The van der Waals surface area contributed by atoms with Gasteiger partial charge >= 0.3 is 5.92 Å². The van der Waals surface area contributed by atoms with Crippen LogP contribution in [0.3, 0.4) is 0 Å². The molecule has 0 fully saturated rings. The van der Waals surface area contributed by atoms with Gasteiger partial charge in [0.15, 0.2) is 6.67 Å². The van der Waals surface area contributed by atoms with Gasteiger partial charge in [0.2, 0.25) is 0 Å². The summed E-state index contributed by atoms with van der Waals surface area (Å²) < 4.78 is 36.9. The van der Waals surface area contributed by atoms with E-state index >= 15 is 0 Å². The maximum absolute atomic E-state index is 12.6. The molecule has 3 nitrogen and oxygen atoms in total. The fourth-order valence-corrected chi connectivity index (χ4v) is 1.28. The quantitative estimate of drug-likeness (QED) is 0.860. The van der Waals surface area contributed by atoms with Crippen LogP contribution in [-0.4, -0.2) is 23.5 Å². The lowest BCUT2D eigenvalue weighted by Gasteiger charge is -2.12. The fourth-order valence-electron chi connectivity index (χ4n) is 0.820. The molecule has 1 amide bonds. The van der Waals surface area contributed by atoms with Crippen LogP contribution in [0.2, 0.25) is 10.3 Å². The minimum absolute atomic E-state index is 0.0774. The van der Waals surface area contributed by atoms with Crippen LogP contribution in [0, 0.1) is 0 Å². The minimum atomic E-state index is -4.08. The molecule has 8 heteroatoms. The Bertz CT molecular complexity index is 394. The van der Waals surface area contributed by atoms with E-state index in [4.69, 9.17) is 23.2 Å². The Morgan fingerprint density at radius 1 is 1.38 bits per heavy atom. The lowest BCUT2D eigenvalue weighted by atomic mass is 10.3. The van der Waals surface area contributed by atoms with Crippen LogP contribution in [0.5, 0.6) is 0 Å². The van der Waals surface area contributed by atoms with Crippen LogP contribution in [0.25, 0.3) is 0 Å². The molecule has 1 aromatic rings. The Morgan fingerprint density at radius 3 is 2.31 bits per heavy atom. The third-order valence-corrected chi connectivity index (χ3v) is 1.91. The monoisotopic (exact) mass is 272 g/mol. The van der Waals surface area contributed by atoms with Crippen molar-refractivity contribution in [3.8, 4) is 0 Å². The first-order valence-corrected chi connectivity index (χ1v) is 4.69. The number of nitrogens with zero attached hydrogens (tertiary/aromatic N) is 1. The largest absolute Gasteiger partial charge is 0.352 e. The van der Waals surface area contributed by atoms with E-state index in [1.54, 1.807) is 5.32 Å². The number of aromatic nitrogens is 1. The number of amides is 1.